The molecule has 0 aliphatic heterocycles. The summed E-state index contributed by atoms with van der Waals surface area (Å²) in [5, 5.41) is 4.49. The maximum Gasteiger partial charge on any atom is 0.261 e. The molecule has 2 aliphatic carbocycles. The van der Waals surface area contributed by atoms with Gasteiger partial charge in [0.15, 0.2) is 5.43 Å². The van der Waals surface area contributed by atoms with Gasteiger partial charge in [0, 0.05) is 45.0 Å². The number of rotatable bonds is 22. The Kier molecular flexibility index (Phi) is 13.1. The molecule has 0 saturated heterocycles. The molecule has 6 heteroatoms. The molecule has 1 aromatic heterocycles. The van der Waals surface area contributed by atoms with Crippen LogP contribution >= 0.6 is 0 Å². The standard InChI is InChI=1S/C51H59NO5/c1-5-7-9-11-13-14-16-18-20-34(19-17-15-12-10-8-6-2)33-52-50(54)41-31-29-39-45-40(30-32-42(46(41)45)51(52)55)48-44(36-23-27-38(57-4)28-24-36)49(53)43(47(39)48)35-21-25-37(56-3)26-22-35/h21-32,34H,5-20,33H2,1-4H3. The van der Waals surface area contributed by atoms with E-state index in [0.717, 1.165) is 64.1 Å². The first-order chi connectivity index (χ1) is 27.9. The average molecular weight is 766 g/mol. The maximum atomic E-state index is 14.6. The van der Waals surface area contributed by atoms with Gasteiger partial charge in [-0.3, -0.25) is 19.0 Å². The van der Waals surface area contributed by atoms with Crippen LogP contribution < -0.4 is 26.0 Å². The zero-order valence-corrected chi connectivity index (χ0v) is 34.5. The zero-order chi connectivity index (χ0) is 39.9. The summed E-state index contributed by atoms with van der Waals surface area (Å²) in [5.74, 6) is 1.70. The van der Waals surface area contributed by atoms with Gasteiger partial charge in [-0.25, -0.2) is 0 Å². The summed E-state index contributed by atoms with van der Waals surface area (Å²) in [6, 6.07) is 23.0. The molecular weight excluding hydrogens is 707 g/mol. The summed E-state index contributed by atoms with van der Waals surface area (Å²) >= 11 is 0. The molecule has 6 nitrogen and oxygen atoms in total. The maximum absolute atomic E-state index is 14.6. The highest BCUT2D eigenvalue weighted by Gasteiger charge is 2.32. The van der Waals surface area contributed by atoms with Gasteiger partial charge in [0.25, 0.3) is 11.1 Å². The predicted molar refractivity (Wildman–Crippen MR) is 239 cm³/mol. The number of ether oxygens (including phenoxy) is 2. The number of hydrogen-bond acceptors (Lipinski definition) is 5. The van der Waals surface area contributed by atoms with Gasteiger partial charge in [0.05, 0.1) is 14.2 Å². The van der Waals surface area contributed by atoms with Gasteiger partial charge in [0.2, 0.25) is 0 Å². The molecule has 0 amide bonds. The van der Waals surface area contributed by atoms with E-state index in [1.54, 1.807) is 18.8 Å². The number of hydrogen-bond donors (Lipinski definition) is 0. The lowest BCUT2D eigenvalue weighted by Gasteiger charge is -2.19. The minimum atomic E-state index is -0.207. The van der Waals surface area contributed by atoms with Crippen molar-refractivity contribution in [3.05, 3.63) is 104 Å². The number of nitrogens with zero attached hydrogens (tertiary/aromatic N) is 1. The smallest absolute Gasteiger partial charge is 0.261 e. The van der Waals surface area contributed by atoms with E-state index in [0.29, 0.717) is 45.3 Å². The summed E-state index contributed by atoms with van der Waals surface area (Å²) in [4.78, 5) is 43.7. The molecule has 1 atom stereocenters. The molecular formula is C51H59NO5. The van der Waals surface area contributed by atoms with Gasteiger partial charge in [0.1, 0.15) is 11.5 Å². The van der Waals surface area contributed by atoms with Crippen LogP contribution in [0, 0.1) is 5.92 Å². The molecule has 2 aliphatic rings. The molecule has 57 heavy (non-hydrogen) atoms. The Morgan fingerprint density at radius 3 is 1.23 bits per heavy atom. The molecule has 0 fully saturated rings. The summed E-state index contributed by atoms with van der Waals surface area (Å²) in [7, 11) is 3.26. The number of fused-ring (bicyclic) bond motifs is 3. The van der Waals surface area contributed by atoms with E-state index >= 15 is 0 Å². The first-order valence-electron chi connectivity index (χ1n) is 21.7. The van der Waals surface area contributed by atoms with E-state index in [9.17, 15) is 14.4 Å². The third kappa shape index (κ3) is 8.10. The fourth-order valence-electron chi connectivity index (χ4n) is 9.39. The number of unbranched alkanes of at least 4 members (excludes halogenated alkanes) is 12. The van der Waals surface area contributed by atoms with E-state index in [-0.39, 0.29) is 22.5 Å². The van der Waals surface area contributed by atoms with Crippen LogP contribution in [0.5, 0.6) is 11.5 Å². The third-order valence-electron chi connectivity index (χ3n) is 12.5. The van der Waals surface area contributed by atoms with Crippen LogP contribution in [0.25, 0.3) is 65.7 Å². The van der Waals surface area contributed by atoms with E-state index in [1.807, 2.05) is 72.8 Å². The summed E-state index contributed by atoms with van der Waals surface area (Å²) in [6.45, 7) is 4.97. The fraction of sp³-hybridized carbons (Fsp3) is 0.431. The van der Waals surface area contributed by atoms with Gasteiger partial charge in [-0.05, 0) is 82.4 Å². The minimum Gasteiger partial charge on any atom is -0.497 e. The molecule has 0 N–H and O–H groups in total. The predicted octanol–water partition coefficient (Wildman–Crippen LogP) is 12.7. The van der Waals surface area contributed by atoms with Crippen LogP contribution in [0.15, 0.2) is 87.2 Å². The van der Waals surface area contributed by atoms with Crippen LogP contribution in [0.3, 0.4) is 0 Å². The van der Waals surface area contributed by atoms with E-state index in [2.05, 4.69) is 13.8 Å². The quantitative estimate of drug-likeness (QED) is 0.0642. The molecule has 5 aromatic rings. The summed E-state index contributed by atoms with van der Waals surface area (Å²) < 4.78 is 12.4. The zero-order valence-electron chi connectivity index (χ0n) is 34.5. The van der Waals surface area contributed by atoms with Crippen molar-refractivity contribution in [1.29, 1.82) is 0 Å². The van der Waals surface area contributed by atoms with Crippen LogP contribution in [-0.4, -0.2) is 18.8 Å². The third-order valence-corrected chi connectivity index (χ3v) is 12.5. The monoisotopic (exact) mass is 765 g/mol. The normalized spacial score (nSPS) is 12.5. The van der Waals surface area contributed by atoms with Crippen molar-refractivity contribution in [2.75, 3.05) is 14.2 Å². The second kappa shape index (κ2) is 18.5. The van der Waals surface area contributed by atoms with Crippen molar-refractivity contribution in [3.8, 4) is 44.9 Å². The number of pyridine rings is 1. The Morgan fingerprint density at radius 2 is 0.825 bits per heavy atom. The lowest BCUT2D eigenvalue weighted by Crippen LogP contribution is -2.35. The highest BCUT2D eigenvalue weighted by atomic mass is 16.5. The minimum absolute atomic E-state index is 0.0550. The van der Waals surface area contributed by atoms with Crippen molar-refractivity contribution in [1.82, 2.24) is 4.57 Å². The van der Waals surface area contributed by atoms with Gasteiger partial charge < -0.3 is 9.47 Å². The van der Waals surface area contributed by atoms with Crippen molar-refractivity contribution >= 4 is 32.3 Å². The molecule has 0 bridgehead atoms. The second-order valence-corrected chi connectivity index (χ2v) is 16.3. The molecule has 7 rings (SSSR count). The first kappa shape index (κ1) is 40.2. The lowest BCUT2D eigenvalue weighted by molar-refractivity contribution is 0.350. The highest BCUT2D eigenvalue weighted by Crippen LogP contribution is 2.52. The Balaban J connectivity index is 1.30. The molecule has 4 aromatic carbocycles. The second-order valence-electron chi connectivity index (χ2n) is 16.3. The molecule has 1 unspecified atom stereocenters. The Hall–Kier alpha value is -4.97. The van der Waals surface area contributed by atoms with Crippen LogP contribution in [0.2, 0.25) is 0 Å². The van der Waals surface area contributed by atoms with E-state index in [1.165, 1.54) is 77.0 Å². The Bertz CT molecular complexity index is 2350. The number of aromatic nitrogens is 1. The molecule has 0 spiro atoms. The lowest BCUT2D eigenvalue weighted by atomic mass is 9.93. The summed E-state index contributed by atoms with van der Waals surface area (Å²) in [6.07, 6.45) is 19.6. The van der Waals surface area contributed by atoms with Crippen molar-refractivity contribution in [3.63, 3.8) is 0 Å². The van der Waals surface area contributed by atoms with E-state index < -0.39 is 0 Å². The van der Waals surface area contributed by atoms with Gasteiger partial charge in [-0.1, -0.05) is 140 Å². The van der Waals surface area contributed by atoms with Gasteiger partial charge in [-0.2, -0.15) is 0 Å². The van der Waals surface area contributed by atoms with Crippen LogP contribution in [-0.2, 0) is 6.54 Å². The van der Waals surface area contributed by atoms with Gasteiger partial charge in [-0.15, -0.1) is 0 Å². The van der Waals surface area contributed by atoms with Crippen molar-refractivity contribution < 1.29 is 9.47 Å². The SMILES string of the molecule is CCCCCCCCCCC(CCCCCCCC)Cn1c(=O)c2ccc3c4c(-c5ccc(OC)cc5)c(=O)c(-c5ccc(OC)cc5)c-4c4ccc(c1=O)c2c34. The number of benzene rings is 4. The molecule has 0 radical (unpaired) electrons. The average Bonchev–Trinajstić information content (AvgIpc) is 3.72. The highest BCUT2D eigenvalue weighted by molar-refractivity contribution is 6.34. The fourth-order valence-corrected chi connectivity index (χ4v) is 9.39. The topological polar surface area (TPSA) is 74.6 Å². The largest absolute Gasteiger partial charge is 0.497 e. The Morgan fingerprint density at radius 1 is 0.456 bits per heavy atom. The molecule has 298 valence electrons. The number of methoxy groups -OCH3 is 2. The summed E-state index contributed by atoms with van der Waals surface area (Å²) in [5.41, 5.74) is 4.04. The first-order valence-corrected chi connectivity index (χ1v) is 21.7. The van der Waals surface area contributed by atoms with Crippen molar-refractivity contribution in [2.45, 2.75) is 123 Å². The van der Waals surface area contributed by atoms with Crippen LogP contribution in [0.4, 0.5) is 0 Å². The van der Waals surface area contributed by atoms with Crippen LogP contribution in [0.1, 0.15) is 117 Å². The van der Waals surface area contributed by atoms with Crippen molar-refractivity contribution in [2.24, 2.45) is 5.92 Å². The molecule has 1 heterocycles. The Labute approximate surface area is 337 Å². The van der Waals surface area contributed by atoms with Gasteiger partial charge >= 0.3 is 0 Å². The molecule has 0 saturated carbocycles. The van der Waals surface area contributed by atoms with E-state index in [4.69, 9.17) is 9.47 Å².